The van der Waals surface area contributed by atoms with Crippen molar-refractivity contribution in [1.29, 1.82) is 0 Å². The number of nitrogens with one attached hydrogen (secondary N) is 1. The van der Waals surface area contributed by atoms with E-state index >= 15 is 0 Å². The van der Waals surface area contributed by atoms with Crippen LogP contribution in [0.25, 0.3) is 0 Å². The number of hydrogen-bond donors (Lipinski definition) is 1. The van der Waals surface area contributed by atoms with Gasteiger partial charge < -0.3 is 5.32 Å². The van der Waals surface area contributed by atoms with Gasteiger partial charge in [-0.05, 0) is 12.8 Å². The van der Waals surface area contributed by atoms with Crippen molar-refractivity contribution in [3.05, 3.63) is 0 Å². The minimum absolute atomic E-state index is 0.129. The lowest BCUT2D eigenvalue weighted by Crippen LogP contribution is -2.33. The highest BCUT2D eigenvalue weighted by atomic mass is 16.1. The van der Waals surface area contributed by atoms with Crippen LogP contribution in [-0.2, 0) is 0 Å². The van der Waals surface area contributed by atoms with E-state index in [2.05, 4.69) is 5.32 Å². The van der Waals surface area contributed by atoms with Crippen LogP contribution in [0.1, 0.15) is 51.4 Å². The highest BCUT2D eigenvalue weighted by Gasteiger charge is 2.10. The lowest BCUT2D eigenvalue weighted by atomic mass is 10.0. The van der Waals surface area contributed by atoms with Gasteiger partial charge in [-0.3, -0.25) is 4.79 Å². The Morgan fingerprint density at radius 2 is 1.46 bits per heavy atom. The zero-order chi connectivity index (χ0) is 9.52. The molecule has 1 aliphatic rings. The van der Waals surface area contributed by atoms with Gasteiger partial charge in [-0.2, -0.15) is 0 Å². The van der Waals surface area contributed by atoms with Crippen LogP contribution in [0.3, 0.4) is 0 Å². The molecule has 0 atom stereocenters. The largest absolute Gasteiger partial charge is 0.363 e. The van der Waals surface area contributed by atoms with Crippen LogP contribution in [0.2, 0.25) is 0 Å². The molecule has 0 heterocycles. The fourth-order valence-electron chi connectivity index (χ4n) is 2.06. The van der Waals surface area contributed by atoms with Crippen molar-refractivity contribution >= 4 is 13.7 Å². The summed E-state index contributed by atoms with van der Waals surface area (Å²) in [7, 11) is 1.62. The van der Waals surface area contributed by atoms with Gasteiger partial charge in [0.05, 0.1) is 0 Å². The first-order chi connectivity index (χ1) is 6.29. The Balaban J connectivity index is 2.27. The van der Waals surface area contributed by atoms with Crippen molar-refractivity contribution in [2.24, 2.45) is 0 Å². The normalized spacial score (nSPS) is 21.2. The second-order valence-corrected chi connectivity index (χ2v) is 4.10. The highest BCUT2D eigenvalue weighted by molar-refractivity contribution is 6.57. The van der Waals surface area contributed by atoms with Crippen LogP contribution in [0.4, 0.5) is 4.79 Å². The molecule has 1 rings (SSSR count). The maximum Gasteiger partial charge on any atom is 0.215 e. The van der Waals surface area contributed by atoms with E-state index in [-0.39, 0.29) is 5.81 Å². The fraction of sp³-hybridized carbons (Fsp3) is 0.900. The zero-order valence-electron chi connectivity index (χ0n) is 8.64. The minimum Gasteiger partial charge on any atom is -0.363 e. The van der Waals surface area contributed by atoms with Crippen LogP contribution < -0.4 is 5.32 Å². The van der Waals surface area contributed by atoms with E-state index in [0.29, 0.717) is 6.04 Å². The monoisotopic (exact) mass is 181 g/mol. The predicted octanol–water partition coefficient (Wildman–Crippen LogP) is 1.83. The van der Waals surface area contributed by atoms with Gasteiger partial charge in [0.15, 0.2) is 5.81 Å². The summed E-state index contributed by atoms with van der Waals surface area (Å²) in [5, 5.41) is 3.04. The summed E-state index contributed by atoms with van der Waals surface area (Å²) in [6.07, 6.45) is 10.4. The third kappa shape index (κ3) is 4.96. The maximum absolute atomic E-state index is 10.9. The molecular weight excluding hydrogens is 161 g/mol. The molecule has 0 radical (unpaired) electrons. The molecule has 0 saturated heterocycles. The van der Waals surface area contributed by atoms with Gasteiger partial charge in [-0.1, -0.05) is 38.5 Å². The minimum atomic E-state index is 0.129. The lowest BCUT2D eigenvalue weighted by molar-refractivity contribution is 0.254. The molecule has 13 heavy (non-hydrogen) atoms. The van der Waals surface area contributed by atoms with Gasteiger partial charge in [-0.15, -0.1) is 0 Å². The van der Waals surface area contributed by atoms with Crippen molar-refractivity contribution in [3.8, 4) is 0 Å². The van der Waals surface area contributed by atoms with Crippen molar-refractivity contribution in [2.45, 2.75) is 57.4 Å². The Morgan fingerprint density at radius 3 is 1.92 bits per heavy atom. The van der Waals surface area contributed by atoms with Crippen LogP contribution in [-0.4, -0.2) is 19.7 Å². The van der Waals surface area contributed by atoms with Crippen molar-refractivity contribution < 1.29 is 4.79 Å². The van der Waals surface area contributed by atoms with E-state index in [0.717, 1.165) is 0 Å². The fourth-order valence-corrected chi connectivity index (χ4v) is 2.06. The highest BCUT2D eigenvalue weighted by Crippen LogP contribution is 2.16. The summed E-state index contributed by atoms with van der Waals surface area (Å²) in [6, 6.07) is 0.454. The van der Waals surface area contributed by atoms with Crippen molar-refractivity contribution in [1.82, 2.24) is 5.32 Å². The van der Waals surface area contributed by atoms with E-state index in [1.165, 1.54) is 51.4 Å². The average Bonchev–Trinajstić information content (AvgIpc) is 2.17. The molecule has 1 fully saturated rings. The number of carbonyl (C=O) groups is 1. The first kappa shape index (κ1) is 10.6. The molecule has 74 valence electrons. The number of hydrogen-bond acceptors (Lipinski definition) is 1. The molecule has 3 heteroatoms. The van der Waals surface area contributed by atoms with E-state index < -0.39 is 0 Å². The van der Waals surface area contributed by atoms with Crippen molar-refractivity contribution in [2.75, 3.05) is 0 Å². The number of carbonyl (C=O) groups excluding carboxylic acids is 1. The van der Waals surface area contributed by atoms with E-state index in [4.69, 9.17) is 0 Å². The Labute approximate surface area is 81.9 Å². The second kappa shape index (κ2) is 6.06. The summed E-state index contributed by atoms with van der Waals surface area (Å²) in [4.78, 5) is 10.9. The lowest BCUT2D eigenvalue weighted by Gasteiger charge is -2.16. The summed E-state index contributed by atoms with van der Waals surface area (Å²) in [6.45, 7) is 0. The van der Waals surface area contributed by atoms with Gasteiger partial charge in [0.1, 0.15) is 0 Å². The summed E-state index contributed by atoms with van der Waals surface area (Å²) in [5.74, 6) is 0.129. The summed E-state index contributed by atoms with van der Waals surface area (Å²) >= 11 is 0. The molecule has 0 aliphatic heterocycles. The molecule has 0 bridgehead atoms. The molecular formula is C10H20BNO. The van der Waals surface area contributed by atoms with E-state index in [9.17, 15) is 4.79 Å². The SMILES string of the molecule is BC(=O)NC1CCCCCCCC1. The van der Waals surface area contributed by atoms with Gasteiger partial charge in [0.25, 0.3) is 0 Å². The van der Waals surface area contributed by atoms with Gasteiger partial charge in [0.2, 0.25) is 7.85 Å². The second-order valence-electron chi connectivity index (χ2n) is 4.10. The van der Waals surface area contributed by atoms with Gasteiger partial charge >= 0.3 is 0 Å². The standard InChI is InChI=1S/C10H20BNO/c11-10(13)12-9-7-5-3-1-2-4-6-8-9/h9H,1-8,11H2,(H,12,13). The van der Waals surface area contributed by atoms with E-state index in [1.807, 2.05) is 0 Å². The van der Waals surface area contributed by atoms with Gasteiger partial charge in [0, 0.05) is 6.04 Å². The zero-order valence-corrected chi connectivity index (χ0v) is 8.64. The predicted molar refractivity (Wildman–Crippen MR) is 57.8 cm³/mol. The molecule has 2 nitrogen and oxygen atoms in total. The van der Waals surface area contributed by atoms with E-state index in [1.54, 1.807) is 7.85 Å². The topological polar surface area (TPSA) is 29.1 Å². The molecule has 1 N–H and O–H groups in total. The molecule has 0 aromatic heterocycles. The van der Waals surface area contributed by atoms with Crippen LogP contribution in [0, 0.1) is 0 Å². The molecule has 0 unspecified atom stereocenters. The Kier molecular flexibility index (Phi) is 4.95. The smallest absolute Gasteiger partial charge is 0.215 e. The Bertz CT molecular complexity index is 151. The Morgan fingerprint density at radius 1 is 1.00 bits per heavy atom. The van der Waals surface area contributed by atoms with Crippen LogP contribution in [0.15, 0.2) is 0 Å². The first-order valence-corrected chi connectivity index (χ1v) is 5.56. The molecule has 1 amide bonds. The maximum atomic E-state index is 10.9. The van der Waals surface area contributed by atoms with Gasteiger partial charge in [-0.25, -0.2) is 0 Å². The third-order valence-electron chi connectivity index (χ3n) is 2.76. The summed E-state index contributed by atoms with van der Waals surface area (Å²) < 4.78 is 0. The van der Waals surface area contributed by atoms with Crippen molar-refractivity contribution in [3.63, 3.8) is 0 Å². The van der Waals surface area contributed by atoms with Crippen LogP contribution in [0.5, 0.6) is 0 Å². The van der Waals surface area contributed by atoms with Crippen LogP contribution >= 0.6 is 0 Å². The number of amides is 1. The first-order valence-electron chi connectivity index (χ1n) is 5.56. The quantitative estimate of drug-likeness (QED) is 0.614. The third-order valence-corrected chi connectivity index (χ3v) is 2.76. The number of rotatable bonds is 1. The average molecular weight is 181 g/mol. The molecule has 1 saturated carbocycles. The molecule has 1 aliphatic carbocycles. The molecule has 0 spiro atoms. The Hall–Kier alpha value is -0.465. The molecule has 0 aromatic carbocycles. The summed E-state index contributed by atoms with van der Waals surface area (Å²) in [5.41, 5.74) is 0. The molecule has 0 aromatic rings.